The highest BCUT2D eigenvalue weighted by molar-refractivity contribution is 9.10. The Bertz CT molecular complexity index is 496. The van der Waals surface area contributed by atoms with Crippen molar-refractivity contribution >= 4 is 15.9 Å². The number of nitrogens with zero attached hydrogens (tertiary/aromatic N) is 3. The fourth-order valence-electron chi connectivity index (χ4n) is 1.32. The van der Waals surface area contributed by atoms with Gasteiger partial charge in [-0.25, -0.2) is 4.98 Å². The minimum Gasteiger partial charge on any atom is -0.485 e. The molecule has 0 bridgehead atoms. The van der Waals surface area contributed by atoms with Gasteiger partial charge in [-0.05, 0) is 24.6 Å². The van der Waals surface area contributed by atoms with Gasteiger partial charge in [0.2, 0.25) is 0 Å². The van der Waals surface area contributed by atoms with Crippen LogP contribution in [0.3, 0.4) is 0 Å². The molecule has 84 valence electrons. The zero-order valence-corrected chi connectivity index (χ0v) is 10.7. The van der Waals surface area contributed by atoms with Crippen LogP contribution in [0.2, 0.25) is 0 Å². The molecule has 0 saturated heterocycles. The summed E-state index contributed by atoms with van der Waals surface area (Å²) in [6.07, 6.45) is 1.52. The second-order valence-electron chi connectivity index (χ2n) is 3.50. The van der Waals surface area contributed by atoms with Crippen LogP contribution in [0.5, 0.6) is 5.75 Å². The summed E-state index contributed by atoms with van der Waals surface area (Å²) >= 11 is 3.42. The van der Waals surface area contributed by atoms with E-state index in [1.807, 2.05) is 32.2 Å². The molecular formula is C11H12BrN3O. The predicted molar refractivity (Wildman–Crippen MR) is 64.2 cm³/mol. The number of hydrogen-bond donors (Lipinski definition) is 0. The molecule has 0 fully saturated rings. The molecule has 0 radical (unpaired) electrons. The number of rotatable bonds is 3. The molecule has 0 aliphatic heterocycles. The molecule has 1 heterocycles. The third-order valence-corrected chi connectivity index (χ3v) is 2.81. The summed E-state index contributed by atoms with van der Waals surface area (Å²) in [6.45, 7) is 2.44. The van der Waals surface area contributed by atoms with Gasteiger partial charge >= 0.3 is 0 Å². The summed E-state index contributed by atoms with van der Waals surface area (Å²) in [6, 6.07) is 5.95. The summed E-state index contributed by atoms with van der Waals surface area (Å²) in [7, 11) is 1.85. The van der Waals surface area contributed by atoms with E-state index in [0.717, 1.165) is 21.6 Å². The standard InChI is InChI=1S/C11H12BrN3O/c1-8-3-4-9(12)5-10(8)16-6-11-13-7-14-15(11)2/h3-5,7H,6H2,1-2H3. The molecule has 0 aliphatic rings. The quantitative estimate of drug-likeness (QED) is 0.868. The summed E-state index contributed by atoms with van der Waals surface area (Å²) in [5.41, 5.74) is 1.10. The number of aryl methyl sites for hydroxylation is 2. The lowest BCUT2D eigenvalue weighted by molar-refractivity contribution is 0.287. The lowest BCUT2D eigenvalue weighted by atomic mass is 10.2. The molecule has 1 aromatic carbocycles. The number of ether oxygens (including phenoxy) is 1. The van der Waals surface area contributed by atoms with E-state index in [2.05, 4.69) is 26.0 Å². The zero-order valence-electron chi connectivity index (χ0n) is 9.14. The van der Waals surface area contributed by atoms with Crippen LogP contribution < -0.4 is 4.74 Å². The molecule has 2 rings (SSSR count). The van der Waals surface area contributed by atoms with Gasteiger partial charge in [0.1, 0.15) is 18.7 Å². The maximum absolute atomic E-state index is 5.69. The average Bonchev–Trinajstić information content (AvgIpc) is 2.66. The van der Waals surface area contributed by atoms with Crippen LogP contribution >= 0.6 is 15.9 Å². The molecule has 0 saturated carbocycles. The van der Waals surface area contributed by atoms with Crippen molar-refractivity contribution in [3.8, 4) is 5.75 Å². The highest BCUT2D eigenvalue weighted by Crippen LogP contribution is 2.23. The van der Waals surface area contributed by atoms with Gasteiger partial charge in [0.15, 0.2) is 5.82 Å². The lowest BCUT2D eigenvalue weighted by Crippen LogP contribution is -2.05. The molecule has 0 amide bonds. The smallest absolute Gasteiger partial charge is 0.164 e. The highest BCUT2D eigenvalue weighted by atomic mass is 79.9. The first-order valence-corrected chi connectivity index (χ1v) is 5.68. The van der Waals surface area contributed by atoms with Gasteiger partial charge in [-0.2, -0.15) is 5.10 Å². The molecular weight excluding hydrogens is 270 g/mol. The molecule has 0 aliphatic carbocycles. The van der Waals surface area contributed by atoms with Gasteiger partial charge in [-0.15, -0.1) is 0 Å². The van der Waals surface area contributed by atoms with Crippen LogP contribution in [0, 0.1) is 6.92 Å². The molecule has 16 heavy (non-hydrogen) atoms. The van der Waals surface area contributed by atoms with E-state index < -0.39 is 0 Å². The van der Waals surface area contributed by atoms with Crippen molar-refractivity contribution in [2.75, 3.05) is 0 Å². The first-order chi connectivity index (χ1) is 7.66. The van der Waals surface area contributed by atoms with Crippen molar-refractivity contribution in [1.29, 1.82) is 0 Å². The highest BCUT2D eigenvalue weighted by Gasteiger charge is 2.04. The Kier molecular flexibility index (Phi) is 3.24. The first kappa shape index (κ1) is 11.1. The number of halogens is 1. The minimum atomic E-state index is 0.424. The van der Waals surface area contributed by atoms with Gasteiger partial charge in [0.25, 0.3) is 0 Å². The largest absolute Gasteiger partial charge is 0.485 e. The van der Waals surface area contributed by atoms with Crippen molar-refractivity contribution in [3.63, 3.8) is 0 Å². The zero-order chi connectivity index (χ0) is 11.5. The summed E-state index contributed by atoms with van der Waals surface area (Å²) < 4.78 is 8.40. The van der Waals surface area contributed by atoms with Gasteiger partial charge in [0.05, 0.1) is 0 Å². The van der Waals surface area contributed by atoms with Crippen molar-refractivity contribution in [3.05, 3.63) is 40.4 Å². The summed E-state index contributed by atoms with van der Waals surface area (Å²) in [5, 5.41) is 3.99. The van der Waals surface area contributed by atoms with Crippen molar-refractivity contribution in [1.82, 2.24) is 14.8 Å². The molecule has 1 aromatic heterocycles. The van der Waals surface area contributed by atoms with E-state index in [1.165, 1.54) is 6.33 Å². The lowest BCUT2D eigenvalue weighted by Gasteiger charge is -2.08. The average molecular weight is 282 g/mol. The minimum absolute atomic E-state index is 0.424. The third-order valence-electron chi connectivity index (χ3n) is 2.31. The summed E-state index contributed by atoms with van der Waals surface area (Å²) in [4.78, 5) is 4.10. The molecule has 4 nitrogen and oxygen atoms in total. The van der Waals surface area contributed by atoms with Gasteiger partial charge < -0.3 is 4.74 Å². The Labute approximate surface area is 102 Å². The molecule has 0 unspecified atom stereocenters. The topological polar surface area (TPSA) is 39.9 Å². The second-order valence-corrected chi connectivity index (χ2v) is 4.41. The fraction of sp³-hybridized carbons (Fsp3) is 0.273. The van der Waals surface area contributed by atoms with Crippen LogP contribution in [0.1, 0.15) is 11.4 Å². The van der Waals surface area contributed by atoms with Crippen molar-refractivity contribution < 1.29 is 4.74 Å². The monoisotopic (exact) mass is 281 g/mol. The van der Waals surface area contributed by atoms with E-state index in [1.54, 1.807) is 4.68 Å². The van der Waals surface area contributed by atoms with Crippen LogP contribution in [0.25, 0.3) is 0 Å². The Balaban J connectivity index is 2.10. The van der Waals surface area contributed by atoms with Crippen molar-refractivity contribution in [2.45, 2.75) is 13.5 Å². The van der Waals surface area contributed by atoms with Gasteiger partial charge in [-0.1, -0.05) is 22.0 Å². The van der Waals surface area contributed by atoms with E-state index >= 15 is 0 Å². The second kappa shape index (κ2) is 4.65. The van der Waals surface area contributed by atoms with Crippen LogP contribution in [0.4, 0.5) is 0 Å². The van der Waals surface area contributed by atoms with Crippen LogP contribution in [-0.2, 0) is 13.7 Å². The third kappa shape index (κ3) is 2.41. The first-order valence-electron chi connectivity index (χ1n) is 4.88. The van der Waals surface area contributed by atoms with E-state index in [-0.39, 0.29) is 0 Å². The number of aromatic nitrogens is 3. The van der Waals surface area contributed by atoms with Crippen LogP contribution in [0.15, 0.2) is 29.0 Å². The molecule has 5 heteroatoms. The normalized spacial score (nSPS) is 10.4. The maximum Gasteiger partial charge on any atom is 0.164 e. The van der Waals surface area contributed by atoms with E-state index in [0.29, 0.717) is 6.61 Å². The Hall–Kier alpha value is -1.36. The van der Waals surface area contributed by atoms with Gasteiger partial charge in [0, 0.05) is 11.5 Å². The van der Waals surface area contributed by atoms with Crippen molar-refractivity contribution in [2.24, 2.45) is 7.05 Å². The van der Waals surface area contributed by atoms with E-state index in [9.17, 15) is 0 Å². The van der Waals surface area contributed by atoms with Gasteiger partial charge in [-0.3, -0.25) is 4.68 Å². The number of benzene rings is 1. The maximum atomic E-state index is 5.69. The SMILES string of the molecule is Cc1ccc(Br)cc1OCc1ncnn1C. The molecule has 2 aromatic rings. The Morgan fingerprint density at radius 3 is 2.94 bits per heavy atom. The van der Waals surface area contributed by atoms with E-state index in [4.69, 9.17) is 4.74 Å². The Morgan fingerprint density at radius 1 is 1.44 bits per heavy atom. The molecule has 0 N–H and O–H groups in total. The Morgan fingerprint density at radius 2 is 2.25 bits per heavy atom. The number of hydrogen-bond acceptors (Lipinski definition) is 3. The molecule has 0 spiro atoms. The fourth-order valence-corrected chi connectivity index (χ4v) is 1.66. The van der Waals surface area contributed by atoms with Crippen LogP contribution in [-0.4, -0.2) is 14.8 Å². The molecule has 0 atom stereocenters. The predicted octanol–water partition coefficient (Wildman–Crippen LogP) is 2.47. The summed E-state index contributed by atoms with van der Waals surface area (Å²) in [5.74, 6) is 1.66.